The summed E-state index contributed by atoms with van der Waals surface area (Å²) in [7, 11) is 0. The van der Waals surface area contributed by atoms with Crippen LogP contribution in [-0.4, -0.2) is 6.54 Å². The smallest absolute Gasteiger partial charge is 0.136 e. The number of hydrogen-bond donors (Lipinski definition) is 1. The molecule has 0 heterocycles. The molecule has 2 N–H and O–H groups in total. The van der Waals surface area contributed by atoms with Crippen LogP contribution in [0.25, 0.3) is 0 Å². The Labute approximate surface area is 119 Å². The number of aryl methyl sites for hydroxylation is 2. The van der Waals surface area contributed by atoms with E-state index in [2.05, 4.69) is 32.0 Å². The van der Waals surface area contributed by atoms with Crippen LogP contribution in [0.3, 0.4) is 0 Å². The molecule has 0 amide bonds. The molecular formula is C16H18ClNO. The number of benzene rings is 2. The van der Waals surface area contributed by atoms with Gasteiger partial charge in [0.05, 0.1) is 0 Å². The summed E-state index contributed by atoms with van der Waals surface area (Å²) >= 11 is 5.96. The van der Waals surface area contributed by atoms with E-state index in [1.807, 2.05) is 18.2 Å². The van der Waals surface area contributed by atoms with Crippen molar-refractivity contribution in [1.82, 2.24) is 0 Å². The minimum Gasteiger partial charge on any atom is -0.484 e. The molecule has 0 radical (unpaired) electrons. The van der Waals surface area contributed by atoms with Gasteiger partial charge in [0.2, 0.25) is 0 Å². The summed E-state index contributed by atoms with van der Waals surface area (Å²) in [5.41, 5.74) is 9.36. The molecule has 0 aliphatic heterocycles. The monoisotopic (exact) mass is 275 g/mol. The highest BCUT2D eigenvalue weighted by atomic mass is 35.5. The van der Waals surface area contributed by atoms with E-state index in [1.165, 1.54) is 11.1 Å². The quantitative estimate of drug-likeness (QED) is 0.914. The normalized spacial score (nSPS) is 12.2. The van der Waals surface area contributed by atoms with Crippen molar-refractivity contribution >= 4 is 11.6 Å². The maximum absolute atomic E-state index is 5.96. The molecule has 19 heavy (non-hydrogen) atoms. The molecular weight excluding hydrogens is 258 g/mol. The second kappa shape index (κ2) is 6.09. The Kier molecular flexibility index (Phi) is 4.46. The van der Waals surface area contributed by atoms with E-state index in [-0.39, 0.29) is 6.10 Å². The molecule has 2 aromatic rings. The highest BCUT2D eigenvalue weighted by molar-refractivity contribution is 6.30. The Morgan fingerprint density at radius 2 is 1.95 bits per heavy atom. The Hall–Kier alpha value is -1.51. The maximum Gasteiger partial charge on any atom is 0.136 e. The van der Waals surface area contributed by atoms with Gasteiger partial charge in [0, 0.05) is 11.6 Å². The van der Waals surface area contributed by atoms with Crippen LogP contribution in [0.4, 0.5) is 0 Å². The van der Waals surface area contributed by atoms with Crippen LogP contribution < -0.4 is 10.5 Å². The van der Waals surface area contributed by atoms with Gasteiger partial charge in [0.15, 0.2) is 0 Å². The van der Waals surface area contributed by atoms with Gasteiger partial charge in [-0.1, -0.05) is 41.4 Å². The van der Waals surface area contributed by atoms with Gasteiger partial charge in [-0.15, -0.1) is 0 Å². The second-order valence-corrected chi connectivity index (χ2v) is 5.10. The van der Waals surface area contributed by atoms with Gasteiger partial charge in [-0.3, -0.25) is 0 Å². The summed E-state index contributed by atoms with van der Waals surface area (Å²) < 4.78 is 5.96. The molecule has 0 aliphatic carbocycles. The van der Waals surface area contributed by atoms with Gasteiger partial charge in [-0.2, -0.15) is 0 Å². The first-order chi connectivity index (χ1) is 9.10. The van der Waals surface area contributed by atoms with Crippen LogP contribution in [0.2, 0.25) is 5.02 Å². The average Bonchev–Trinajstić information content (AvgIpc) is 2.39. The van der Waals surface area contributed by atoms with Crippen molar-refractivity contribution in [3.8, 4) is 5.75 Å². The predicted molar refractivity (Wildman–Crippen MR) is 79.8 cm³/mol. The van der Waals surface area contributed by atoms with E-state index in [0.717, 1.165) is 11.3 Å². The van der Waals surface area contributed by atoms with Crippen molar-refractivity contribution in [3.05, 3.63) is 64.2 Å². The molecule has 1 atom stereocenters. The molecule has 2 nitrogen and oxygen atoms in total. The van der Waals surface area contributed by atoms with E-state index in [9.17, 15) is 0 Å². The van der Waals surface area contributed by atoms with Crippen LogP contribution in [0.15, 0.2) is 42.5 Å². The van der Waals surface area contributed by atoms with E-state index < -0.39 is 0 Å². The standard InChI is InChI=1S/C16H18ClNO/c1-11-6-7-12(2)15(8-11)16(10-18)19-14-5-3-4-13(17)9-14/h3-9,16H,10,18H2,1-2H3. The maximum atomic E-state index is 5.96. The molecule has 0 aromatic heterocycles. The summed E-state index contributed by atoms with van der Waals surface area (Å²) in [6.07, 6.45) is -0.154. The largest absolute Gasteiger partial charge is 0.484 e. The summed E-state index contributed by atoms with van der Waals surface area (Å²) in [6, 6.07) is 13.7. The van der Waals surface area contributed by atoms with Crippen LogP contribution in [0.5, 0.6) is 5.75 Å². The van der Waals surface area contributed by atoms with Crippen LogP contribution in [0, 0.1) is 13.8 Å². The van der Waals surface area contributed by atoms with Crippen molar-refractivity contribution in [2.75, 3.05) is 6.54 Å². The number of rotatable bonds is 4. The van der Waals surface area contributed by atoms with E-state index in [0.29, 0.717) is 11.6 Å². The first-order valence-electron chi connectivity index (χ1n) is 6.29. The van der Waals surface area contributed by atoms with Crippen molar-refractivity contribution < 1.29 is 4.74 Å². The van der Waals surface area contributed by atoms with E-state index >= 15 is 0 Å². The van der Waals surface area contributed by atoms with Crippen LogP contribution in [0.1, 0.15) is 22.8 Å². The Morgan fingerprint density at radius 1 is 1.16 bits per heavy atom. The van der Waals surface area contributed by atoms with Gasteiger partial charge in [-0.25, -0.2) is 0 Å². The van der Waals surface area contributed by atoms with Crippen molar-refractivity contribution in [3.63, 3.8) is 0 Å². The zero-order valence-corrected chi connectivity index (χ0v) is 11.9. The van der Waals surface area contributed by atoms with Gasteiger partial charge >= 0.3 is 0 Å². The van der Waals surface area contributed by atoms with Crippen molar-refractivity contribution in [2.24, 2.45) is 5.73 Å². The Bertz CT molecular complexity index is 568. The summed E-state index contributed by atoms with van der Waals surface area (Å²) in [4.78, 5) is 0. The first kappa shape index (κ1) is 13.9. The summed E-state index contributed by atoms with van der Waals surface area (Å²) in [5, 5.41) is 0.661. The first-order valence-corrected chi connectivity index (χ1v) is 6.67. The van der Waals surface area contributed by atoms with Crippen molar-refractivity contribution in [2.45, 2.75) is 20.0 Å². The Balaban J connectivity index is 2.27. The van der Waals surface area contributed by atoms with Crippen molar-refractivity contribution in [1.29, 1.82) is 0 Å². The molecule has 2 rings (SSSR count). The molecule has 0 spiro atoms. The summed E-state index contributed by atoms with van der Waals surface area (Å²) in [6.45, 7) is 4.56. The zero-order chi connectivity index (χ0) is 13.8. The number of ether oxygens (including phenoxy) is 1. The van der Waals surface area contributed by atoms with E-state index in [1.54, 1.807) is 6.07 Å². The molecule has 2 aromatic carbocycles. The topological polar surface area (TPSA) is 35.2 Å². The highest BCUT2D eigenvalue weighted by Crippen LogP contribution is 2.26. The fraction of sp³-hybridized carbons (Fsp3) is 0.250. The highest BCUT2D eigenvalue weighted by Gasteiger charge is 2.14. The molecule has 3 heteroatoms. The van der Waals surface area contributed by atoms with Gasteiger partial charge in [0.1, 0.15) is 11.9 Å². The SMILES string of the molecule is Cc1ccc(C)c(C(CN)Oc2cccc(Cl)c2)c1. The summed E-state index contributed by atoms with van der Waals surface area (Å²) in [5.74, 6) is 0.740. The Morgan fingerprint density at radius 3 is 2.63 bits per heavy atom. The molecule has 100 valence electrons. The molecule has 0 saturated heterocycles. The second-order valence-electron chi connectivity index (χ2n) is 4.66. The fourth-order valence-electron chi connectivity index (χ4n) is 2.05. The lowest BCUT2D eigenvalue weighted by molar-refractivity contribution is 0.213. The van der Waals surface area contributed by atoms with Gasteiger partial charge in [-0.05, 0) is 43.2 Å². The minimum atomic E-state index is -0.154. The zero-order valence-electron chi connectivity index (χ0n) is 11.2. The minimum absolute atomic E-state index is 0.154. The predicted octanol–water partition coefficient (Wildman–Crippen LogP) is 4.04. The molecule has 0 fully saturated rings. The van der Waals surface area contributed by atoms with Gasteiger partial charge < -0.3 is 10.5 Å². The van der Waals surface area contributed by atoms with E-state index in [4.69, 9.17) is 22.1 Å². The van der Waals surface area contributed by atoms with Gasteiger partial charge in [0.25, 0.3) is 0 Å². The lowest BCUT2D eigenvalue weighted by Crippen LogP contribution is -2.19. The van der Waals surface area contributed by atoms with Crippen LogP contribution >= 0.6 is 11.6 Å². The lowest BCUT2D eigenvalue weighted by atomic mass is 10.0. The number of halogens is 1. The molecule has 0 saturated carbocycles. The fourth-order valence-corrected chi connectivity index (χ4v) is 2.23. The van der Waals surface area contributed by atoms with Crippen LogP contribution in [-0.2, 0) is 0 Å². The average molecular weight is 276 g/mol. The number of hydrogen-bond acceptors (Lipinski definition) is 2. The lowest BCUT2D eigenvalue weighted by Gasteiger charge is -2.20. The third kappa shape index (κ3) is 3.49. The molecule has 0 bridgehead atoms. The number of nitrogens with two attached hydrogens (primary N) is 1. The molecule has 1 unspecified atom stereocenters. The molecule has 0 aliphatic rings. The third-order valence-corrected chi connectivity index (χ3v) is 3.31. The third-order valence-electron chi connectivity index (χ3n) is 3.07.